The quantitative estimate of drug-likeness (QED) is 0.176. The minimum Gasteiger partial charge on any atom is -0.0622 e. The third-order valence-corrected chi connectivity index (χ3v) is 15.2. The Bertz CT molecular complexity index is 1540. The first kappa shape index (κ1) is 25.9. The van der Waals surface area contributed by atoms with Crippen LogP contribution in [-0.2, 0) is 0 Å². The van der Waals surface area contributed by atoms with Gasteiger partial charge in [0, 0.05) is 23.2 Å². The molecule has 0 radical (unpaired) electrons. The minimum atomic E-state index is -0.669. The second kappa shape index (κ2) is 11.1. The molecule has 2 atom stereocenters. The topological polar surface area (TPSA) is 0 Å². The Morgan fingerprint density at radius 2 is 0.476 bits per heavy atom. The van der Waals surface area contributed by atoms with E-state index in [1.165, 1.54) is 43.5 Å². The average Bonchev–Trinajstić information content (AvgIpc) is 3.07. The van der Waals surface area contributed by atoms with Gasteiger partial charge in [0.2, 0.25) is 0 Å². The summed E-state index contributed by atoms with van der Waals surface area (Å²) >= 11 is 0. The zero-order chi connectivity index (χ0) is 27.9. The lowest BCUT2D eigenvalue weighted by atomic mass is 9.63. The monoisotopic (exact) mass is 574 g/mol. The maximum atomic E-state index is 2.43. The van der Waals surface area contributed by atoms with Crippen LogP contribution in [0.3, 0.4) is 0 Å². The van der Waals surface area contributed by atoms with Crippen molar-refractivity contribution in [2.45, 2.75) is 23.2 Å². The van der Waals surface area contributed by atoms with Crippen LogP contribution in [-0.4, -0.2) is 11.3 Å². The first-order chi connectivity index (χ1) is 20.9. The van der Waals surface area contributed by atoms with Gasteiger partial charge in [0.15, 0.2) is 0 Å². The van der Waals surface area contributed by atoms with Gasteiger partial charge >= 0.3 is 0 Å². The normalized spacial score (nSPS) is 20.3. The Kier molecular flexibility index (Phi) is 6.84. The lowest BCUT2D eigenvalue weighted by Crippen LogP contribution is -2.49. The van der Waals surface area contributed by atoms with Gasteiger partial charge in [0.25, 0.3) is 0 Å². The smallest absolute Gasteiger partial charge is 0.0175 e. The van der Waals surface area contributed by atoms with Gasteiger partial charge in [-0.15, -0.1) is 0 Å². The van der Waals surface area contributed by atoms with Gasteiger partial charge in [-0.3, -0.25) is 0 Å². The lowest BCUT2D eigenvalue weighted by Gasteiger charge is -2.55. The summed E-state index contributed by atoms with van der Waals surface area (Å²) in [7, 11) is -1.34. The van der Waals surface area contributed by atoms with Crippen molar-refractivity contribution < 1.29 is 0 Å². The predicted octanol–water partition coefficient (Wildman–Crippen LogP) is 8.28. The second-order valence-electron chi connectivity index (χ2n) is 11.3. The van der Waals surface area contributed by atoms with Crippen molar-refractivity contribution >= 4 is 37.1 Å². The van der Waals surface area contributed by atoms with Gasteiger partial charge in [-0.25, -0.2) is 0 Å². The van der Waals surface area contributed by atoms with Gasteiger partial charge in [-0.1, -0.05) is 170 Å². The molecule has 6 aromatic carbocycles. The number of hydrogen-bond acceptors (Lipinski definition) is 0. The van der Waals surface area contributed by atoms with Crippen LogP contribution >= 0.6 is 15.8 Å². The molecule has 9 rings (SSSR count). The molecule has 202 valence electrons. The number of benzene rings is 6. The largest absolute Gasteiger partial charge is 0.0622 e. The fraction of sp³-hybridized carbons (Fsp3) is 0.100. The van der Waals surface area contributed by atoms with E-state index in [0.29, 0.717) is 23.2 Å². The Morgan fingerprint density at radius 3 is 0.714 bits per heavy atom. The molecule has 6 aromatic rings. The SMILES string of the molecule is c1ccc(P(c2ccccc2)[C@@H]2C3c4ccccc4C(c4ccccc43)[C@H]2P(c2ccccc2)c2ccccc2)cc1. The Balaban J connectivity index is 1.46. The molecule has 0 saturated heterocycles. The molecule has 0 heterocycles. The van der Waals surface area contributed by atoms with Crippen molar-refractivity contribution in [3.63, 3.8) is 0 Å². The molecule has 42 heavy (non-hydrogen) atoms. The van der Waals surface area contributed by atoms with Crippen LogP contribution in [0.5, 0.6) is 0 Å². The van der Waals surface area contributed by atoms with Crippen LogP contribution in [0.15, 0.2) is 170 Å². The average molecular weight is 575 g/mol. The molecule has 0 amide bonds. The third kappa shape index (κ3) is 4.29. The van der Waals surface area contributed by atoms with Crippen LogP contribution in [0.2, 0.25) is 0 Å². The molecule has 0 N–H and O–H groups in total. The zero-order valence-electron chi connectivity index (χ0n) is 23.4. The molecule has 0 saturated carbocycles. The van der Waals surface area contributed by atoms with Crippen LogP contribution in [0.25, 0.3) is 0 Å². The van der Waals surface area contributed by atoms with Crippen molar-refractivity contribution in [1.29, 1.82) is 0 Å². The van der Waals surface area contributed by atoms with Gasteiger partial charge in [-0.05, 0) is 59.3 Å². The van der Waals surface area contributed by atoms with Crippen LogP contribution in [0, 0.1) is 0 Å². The molecule has 0 spiro atoms. The van der Waals surface area contributed by atoms with E-state index in [-0.39, 0.29) is 0 Å². The van der Waals surface area contributed by atoms with Crippen molar-refractivity contribution in [2.75, 3.05) is 0 Å². The highest BCUT2D eigenvalue weighted by molar-refractivity contribution is 7.77. The molecular weight excluding hydrogens is 542 g/mol. The van der Waals surface area contributed by atoms with E-state index in [4.69, 9.17) is 0 Å². The first-order valence-electron chi connectivity index (χ1n) is 14.9. The van der Waals surface area contributed by atoms with Gasteiger partial charge < -0.3 is 0 Å². The summed E-state index contributed by atoms with van der Waals surface area (Å²) in [6.45, 7) is 0. The standard InChI is InChI=1S/C40H32P2/c1-5-17-29(18-6-1)41(30-19-7-2-8-20-30)39-37-33-25-13-15-27-35(33)38(36-28-16-14-26-34(36)37)40(39)42(31-21-9-3-10-22-31)32-23-11-4-12-24-32/h1-28,37-40H/t37?,38?,39-,40-/m1/s1. The van der Waals surface area contributed by atoms with E-state index in [1.807, 2.05) is 0 Å². The molecule has 0 aromatic heterocycles. The highest BCUT2D eigenvalue weighted by Gasteiger charge is 2.55. The fourth-order valence-corrected chi connectivity index (χ4v) is 14.5. The van der Waals surface area contributed by atoms with Crippen LogP contribution in [0.4, 0.5) is 0 Å². The number of hydrogen-bond donors (Lipinski definition) is 0. The van der Waals surface area contributed by atoms with Crippen molar-refractivity contribution in [3.8, 4) is 0 Å². The molecule has 0 unspecified atom stereocenters. The molecule has 0 fully saturated rings. The summed E-state index contributed by atoms with van der Waals surface area (Å²) in [5.41, 5.74) is 7.06. The molecule has 2 heteroatoms. The third-order valence-electron chi connectivity index (χ3n) is 9.10. The molecule has 0 aliphatic heterocycles. The summed E-state index contributed by atoms with van der Waals surface area (Å²) in [6.07, 6.45) is 0. The van der Waals surface area contributed by atoms with Crippen LogP contribution < -0.4 is 21.2 Å². The minimum absolute atomic E-state index is 0.344. The first-order valence-corrected chi connectivity index (χ1v) is 17.7. The Labute approximate surface area is 251 Å². The van der Waals surface area contributed by atoms with E-state index in [0.717, 1.165) is 0 Å². The van der Waals surface area contributed by atoms with E-state index >= 15 is 0 Å². The van der Waals surface area contributed by atoms with Crippen molar-refractivity contribution in [2.24, 2.45) is 0 Å². The number of fused-ring (bicyclic) bond motifs is 1. The maximum Gasteiger partial charge on any atom is 0.0175 e. The summed E-state index contributed by atoms with van der Waals surface area (Å²) in [6, 6.07) is 64.5. The van der Waals surface area contributed by atoms with E-state index < -0.39 is 15.8 Å². The summed E-state index contributed by atoms with van der Waals surface area (Å²) in [5.74, 6) is 0.688. The highest BCUT2D eigenvalue weighted by Crippen LogP contribution is 2.68. The number of rotatable bonds is 6. The molecule has 3 aliphatic rings. The molecule has 0 nitrogen and oxygen atoms in total. The summed E-state index contributed by atoms with van der Waals surface area (Å²) in [5, 5.41) is 5.92. The van der Waals surface area contributed by atoms with Gasteiger partial charge in [0.05, 0.1) is 0 Å². The zero-order valence-corrected chi connectivity index (χ0v) is 25.2. The maximum absolute atomic E-state index is 2.43. The van der Waals surface area contributed by atoms with E-state index in [2.05, 4.69) is 170 Å². The van der Waals surface area contributed by atoms with Crippen molar-refractivity contribution in [3.05, 3.63) is 192 Å². The highest BCUT2D eigenvalue weighted by atomic mass is 31.1. The molecule has 2 bridgehead atoms. The summed E-state index contributed by atoms with van der Waals surface area (Å²) in [4.78, 5) is 0. The van der Waals surface area contributed by atoms with E-state index in [1.54, 1.807) is 0 Å². The fourth-order valence-electron chi connectivity index (χ4n) is 7.56. The van der Waals surface area contributed by atoms with E-state index in [9.17, 15) is 0 Å². The van der Waals surface area contributed by atoms with Gasteiger partial charge in [0.1, 0.15) is 0 Å². The Hall–Kier alpha value is -3.82. The summed E-state index contributed by atoms with van der Waals surface area (Å²) < 4.78 is 0. The predicted molar refractivity (Wildman–Crippen MR) is 182 cm³/mol. The molecular formula is C40H32P2. The second-order valence-corrected chi connectivity index (χ2v) is 16.0. The van der Waals surface area contributed by atoms with Gasteiger partial charge in [-0.2, -0.15) is 0 Å². The van der Waals surface area contributed by atoms with Crippen LogP contribution in [0.1, 0.15) is 34.1 Å². The van der Waals surface area contributed by atoms with Crippen molar-refractivity contribution in [1.82, 2.24) is 0 Å². The molecule has 3 aliphatic carbocycles. The lowest BCUT2D eigenvalue weighted by molar-refractivity contribution is 0.540. The Morgan fingerprint density at radius 1 is 0.262 bits per heavy atom.